The van der Waals surface area contributed by atoms with Gasteiger partial charge >= 0.3 is 12.1 Å². The Balaban J connectivity index is 1.53. The van der Waals surface area contributed by atoms with Crippen molar-refractivity contribution in [2.24, 2.45) is 0 Å². The summed E-state index contributed by atoms with van der Waals surface area (Å²) in [6.45, 7) is 11.1. The molecule has 0 saturated carbocycles. The van der Waals surface area contributed by atoms with E-state index in [1.807, 2.05) is 51.1 Å². The number of nitrogens with zero attached hydrogens (tertiary/aromatic N) is 1. The van der Waals surface area contributed by atoms with Gasteiger partial charge in [0, 0.05) is 35.6 Å². The summed E-state index contributed by atoms with van der Waals surface area (Å²) in [7, 11) is -3.97. The predicted molar refractivity (Wildman–Crippen MR) is 175 cm³/mol. The van der Waals surface area contributed by atoms with Gasteiger partial charge in [0.1, 0.15) is 10.6 Å². The van der Waals surface area contributed by atoms with E-state index in [9.17, 15) is 18.0 Å². The molecule has 12 heteroatoms. The molecule has 0 radical (unpaired) electrons. The predicted octanol–water partition coefficient (Wildman–Crippen LogP) is 6.67. The number of amides is 3. The second-order valence-corrected chi connectivity index (χ2v) is 15.4. The van der Waals surface area contributed by atoms with Gasteiger partial charge in [0.2, 0.25) is 10.0 Å². The standard InChI is InChI=1S/C32H41N5O5S2/c1-31(2,3)37-44(40,41)27-18-24(35-29(38)34-19-21-10-8-7-9-11-21)16-17-25(27)26-20-33-28(43-26)22-12-14-23(15-13-22)36-30(39)42-32(4,5)6/h7-12,16-18,20,23,37H,13-15,19H2,1-6H3,(H,36,39)(H2,34,35,38). The molecule has 0 saturated heterocycles. The number of thiazole rings is 1. The first-order valence-electron chi connectivity index (χ1n) is 14.5. The topological polar surface area (TPSA) is 139 Å². The molecule has 1 aliphatic carbocycles. The van der Waals surface area contributed by atoms with Crippen LogP contribution >= 0.6 is 11.3 Å². The van der Waals surface area contributed by atoms with Crippen LogP contribution in [0.2, 0.25) is 0 Å². The minimum Gasteiger partial charge on any atom is -0.444 e. The van der Waals surface area contributed by atoms with E-state index in [-0.39, 0.29) is 10.9 Å². The average Bonchev–Trinajstić information content (AvgIpc) is 3.41. The Morgan fingerprint density at radius 1 is 1.05 bits per heavy atom. The maximum absolute atomic E-state index is 13.6. The van der Waals surface area contributed by atoms with E-state index in [2.05, 4.69) is 31.7 Å². The molecule has 10 nitrogen and oxygen atoms in total. The number of aromatic nitrogens is 1. The summed E-state index contributed by atoms with van der Waals surface area (Å²) < 4.78 is 35.3. The van der Waals surface area contributed by atoms with Gasteiger partial charge in [-0.05, 0) is 84.1 Å². The third-order valence-corrected chi connectivity index (χ3v) is 9.35. The van der Waals surface area contributed by atoms with Crippen molar-refractivity contribution < 1.29 is 22.7 Å². The van der Waals surface area contributed by atoms with Gasteiger partial charge in [0.05, 0.1) is 9.77 Å². The molecule has 1 atom stereocenters. The van der Waals surface area contributed by atoms with E-state index in [0.717, 1.165) is 22.6 Å². The van der Waals surface area contributed by atoms with Crippen molar-refractivity contribution in [1.82, 2.24) is 20.3 Å². The lowest BCUT2D eigenvalue weighted by Crippen LogP contribution is -2.40. The van der Waals surface area contributed by atoms with Crippen molar-refractivity contribution in [1.29, 1.82) is 0 Å². The molecule has 3 amide bonds. The lowest BCUT2D eigenvalue weighted by molar-refractivity contribution is 0.0501. The largest absolute Gasteiger partial charge is 0.444 e. The molecule has 1 aromatic heterocycles. The SMILES string of the molecule is CC(C)(C)NS(=O)(=O)c1cc(NC(=O)NCc2ccccc2)ccc1-c1cnc(C2=CCC(NC(=O)OC(C)(C)C)CC2)s1. The Morgan fingerprint density at radius 3 is 2.41 bits per heavy atom. The van der Waals surface area contributed by atoms with Crippen molar-refractivity contribution in [3.63, 3.8) is 0 Å². The first-order valence-corrected chi connectivity index (χ1v) is 16.8. The Hall–Kier alpha value is -3.74. The van der Waals surface area contributed by atoms with Crippen LogP contribution in [0.3, 0.4) is 0 Å². The van der Waals surface area contributed by atoms with Crippen LogP contribution in [0, 0.1) is 0 Å². The van der Waals surface area contributed by atoms with Gasteiger partial charge in [-0.1, -0.05) is 42.5 Å². The van der Waals surface area contributed by atoms with E-state index < -0.39 is 33.3 Å². The fourth-order valence-electron chi connectivity index (χ4n) is 4.62. The van der Waals surface area contributed by atoms with Crippen LogP contribution in [-0.4, -0.2) is 42.7 Å². The highest BCUT2D eigenvalue weighted by atomic mass is 32.2. The summed E-state index contributed by atoms with van der Waals surface area (Å²) in [4.78, 5) is 30.1. The van der Waals surface area contributed by atoms with Gasteiger partial charge in [-0.3, -0.25) is 0 Å². The van der Waals surface area contributed by atoms with Gasteiger partial charge in [0.25, 0.3) is 0 Å². The average molecular weight is 640 g/mol. The second kappa shape index (κ2) is 13.5. The highest BCUT2D eigenvalue weighted by Gasteiger charge is 2.27. The fourth-order valence-corrected chi connectivity index (χ4v) is 7.37. The zero-order valence-electron chi connectivity index (χ0n) is 26.0. The lowest BCUT2D eigenvalue weighted by Gasteiger charge is -2.25. The van der Waals surface area contributed by atoms with Crippen molar-refractivity contribution in [3.8, 4) is 10.4 Å². The number of nitrogens with one attached hydrogen (secondary N) is 4. The third kappa shape index (κ3) is 9.63. The number of hydrogen-bond donors (Lipinski definition) is 4. The summed E-state index contributed by atoms with van der Waals surface area (Å²) in [6.07, 6.45) is 5.41. The number of ether oxygens (including phenoxy) is 1. The van der Waals surface area contributed by atoms with Gasteiger partial charge in [-0.25, -0.2) is 27.7 Å². The van der Waals surface area contributed by atoms with E-state index in [0.29, 0.717) is 35.5 Å². The summed E-state index contributed by atoms with van der Waals surface area (Å²) in [6, 6.07) is 13.9. The Kier molecular flexibility index (Phi) is 10.2. The van der Waals surface area contributed by atoms with E-state index in [1.165, 1.54) is 17.4 Å². The quantitative estimate of drug-likeness (QED) is 0.217. The Bertz CT molecular complexity index is 1620. The summed E-state index contributed by atoms with van der Waals surface area (Å²) in [5.41, 5.74) is 1.55. The molecular formula is C32H41N5O5S2. The summed E-state index contributed by atoms with van der Waals surface area (Å²) in [5.74, 6) is 0. The minimum atomic E-state index is -3.97. The van der Waals surface area contributed by atoms with Gasteiger partial charge in [-0.2, -0.15) is 0 Å². The van der Waals surface area contributed by atoms with Crippen LogP contribution < -0.4 is 20.7 Å². The smallest absolute Gasteiger partial charge is 0.407 e. The molecule has 2 aromatic carbocycles. The maximum atomic E-state index is 13.6. The normalized spacial score (nSPS) is 15.7. The van der Waals surface area contributed by atoms with Crippen molar-refractivity contribution in [2.75, 3.05) is 5.32 Å². The molecular weight excluding hydrogens is 599 g/mol. The van der Waals surface area contributed by atoms with Gasteiger partial charge in [0.15, 0.2) is 0 Å². The highest BCUT2D eigenvalue weighted by molar-refractivity contribution is 7.89. The van der Waals surface area contributed by atoms with Crippen LogP contribution in [0.1, 0.15) is 71.4 Å². The van der Waals surface area contributed by atoms with Gasteiger partial charge in [-0.15, -0.1) is 11.3 Å². The van der Waals surface area contributed by atoms with Crippen LogP contribution in [0.5, 0.6) is 0 Å². The van der Waals surface area contributed by atoms with Crippen LogP contribution in [0.4, 0.5) is 15.3 Å². The lowest BCUT2D eigenvalue weighted by atomic mass is 9.95. The number of urea groups is 1. The maximum Gasteiger partial charge on any atom is 0.407 e. The van der Waals surface area contributed by atoms with E-state index in [4.69, 9.17) is 4.74 Å². The fraction of sp³-hybridized carbons (Fsp3) is 0.406. The second-order valence-electron chi connectivity index (χ2n) is 12.7. The molecule has 3 aromatic rings. The number of anilines is 1. The Morgan fingerprint density at radius 2 is 1.77 bits per heavy atom. The number of allylic oxidation sites excluding steroid dienone is 1. The molecule has 236 valence electrons. The van der Waals surface area contributed by atoms with Gasteiger partial charge < -0.3 is 20.7 Å². The number of benzene rings is 2. The first kappa shape index (κ1) is 33.2. The summed E-state index contributed by atoms with van der Waals surface area (Å²) >= 11 is 1.41. The zero-order valence-corrected chi connectivity index (χ0v) is 27.6. The molecule has 44 heavy (non-hydrogen) atoms. The van der Waals surface area contributed by atoms with Crippen LogP contribution in [-0.2, 0) is 21.3 Å². The zero-order chi connectivity index (χ0) is 32.1. The van der Waals surface area contributed by atoms with E-state index in [1.54, 1.807) is 39.1 Å². The molecule has 1 heterocycles. The molecule has 1 aliphatic rings. The van der Waals surface area contributed by atoms with Crippen LogP contribution in [0.25, 0.3) is 16.0 Å². The van der Waals surface area contributed by atoms with Crippen LogP contribution in [0.15, 0.2) is 65.7 Å². The minimum absolute atomic E-state index is 0.0295. The monoisotopic (exact) mass is 639 g/mol. The molecule has 0 spiro atoms. The molecule has 4 rings (SSSR count). The van der Waals surface area contributed by atoms with Crippen molar-refractivity contribution in [2.45, 2.75) is 89.4 Å². The number of sulfonamides is 1. The number of hydrogen-bond acceptors (Lipinski definition) is 7. The van der Waals surface area contributed by atoms with E-state index >= 15 is 0 Å². The number of carbonyl (C=O) groups excluding carboxylic acids is 2. The number of alkyl carbamates (subject to hydrolysis) is 1. The molecule has 0 aliphatic heterocycles. The molecule has 0 bridgehead atoms. The highest BCUT2D eigenvalue weighted by Crippen LogP contribution is 2.38. The van der Waals surface area contributed by atoms with Crippen molar-refractivity contribution in [3.05, 3.63) is 71.4 Å². The number of rotatable bonds is 8. The molecule has 0 fully saturated rings. The first-order chi connectivity index (χ1) is 20.6. The number of carbonyl (C=O) groups is 2. The molecule has 1 unspecified atom stereocenters. The Labute approximate surface area is 263 Å². The van der Waals surface area contributed by atoms with Crippen molar-refractivity contribution >= 4 is 44.7 Å². The summed E-state index contributed by atoms with van der Waals surface area (Å²) in [5, 5.41) is 9.27. The molecule has 4 N–H and O–H groups in total. The third-order valence-electron chi connectivity index (χ3n) is 6.44.